The predicted octanol–water partition coefficient (Wildman–Crippen LogP) is 1.99. The Kier molecular flexibility index (Phi) is 7.15. The van der Waals surface area contributed by atoms with Crippen LogP contribution in [0.4, 0.5) is 0 Å². The lowest BCUT2D eigenvalue weighted by Gasteiger charge is -2.35. The molecule has 0 spiro atoms. The van der Waals surface area contributed by atoms with Crippen LogP contribution in [0.5, 0.6) is 0 Å². The molecule has 1 fully saturated rings. The van der Waals surface area contributed by atoms with Crippen LogP contribution in [0.1, 0.15) is 59.3 Å². The second kappa shape index (κ2) is 8.37. The van der Waals surface area contributed by atoms with Gasteiger partial charge in [-0.1, -0.05) is 26.2 Å². The molecular formula is C16H30N2O3. The molecule has 1 aliphatic carbocycles. The second-order valence-corrected chi connectivity index (χ2v) is 6.63. The highest BCUT2D eigenvalue weighted by atomic mass is 16.5. The van der Waals surface area contributed by atoms with Crippen LogP contribution >= 0.6 is 0 Å². The van der Waals surface area contributed by atoms with Crippen molar-refractivity contribution in [1.29, 1.82) is 0 Å². The first kappa shape index (κ1) is 18.0. The molecule has 5 nitrogen and oxygen atoms in total. The molecule has 0 radical (unpaired) electrons. The summed E-state index contributed by atoms with van der Waals surface area (Å²) in [5.74, 6) is -0.598. The molecule has 0 aromatic rings. The summed E-state index contributed by atoms with van der Waals surface area (Å²) in [7, 11) is 0. The van der Waals surface area contributed by atoms with Crippen LogP contribution in [0.25, 0.3) is 0 Å². The Hall–Kier alpha value is -1.10. The van der Waals surface area contributed by atoms with Crippen molar-refractivity contribution in [3.05, 3.63) is 0 Å². The smallest absolute Gasteiger partial charge is 0.310 e. The molecule has 0 aliphatic heterocycles. The van der Waals surface area contributed by atoms with Crippen molar-refractivity contribution in [3.63, 3.8) is 0 Å². The molecule has 3 N–H and O–H groups in total. The zero-order valence-corrected chi connectivity index (χ0v) is 13.6. The summed E-state index contributed by atoms with van der Waals surface area (Å²) in [5.41, 5.74) is 5.85. The zero-order valence-electron chi connectivity index (χ0n) is 13.6. The van der Waals surface area contributed by atoms with Gasteiger partial charge in [-0.2, -0.15) is 0 Å². The summed E-state index contributed by atoms with van der Waals surface area (Å²) in [5, 5.41) is 2.85. The van der Waals surface area contributed by atoms with Gasteiger partial charge in [0.05, 0.1) is 12.0 Å². The highest BCUT2D eigenvalue weighted by Crippen LogP contribution is 2.38. The average Bonchev–Trinajstić information content (AvgIpc) is 2.45. The maximum absolute atomic E-state index is 12.1. The van der Waals surface area contributed by atoms with Crippen LogP contribution in [-0.4, -0.2) is 31.1 Å². The van der Waals surface area contributed by atoms with Crippen molar-refractivity contribution >= 4 is 11.9 Å². The van der Waals surface area contributed by atoms with Gasteiger partial charge in [0, 0.05) is 13.0 Å². The molecule has 1 unspecified atom stereocenters. The average molecular weight is 298 g/mol. The topological polar surface area (TPSA) is 81.4 Å². The van der Waals surface area contributed by atoms with Crippen LogP contribution < -0.4 is 11.1 Å². The van der Waals surface area contributed by atoms with E-state index in [0.717, 1.165) is 25.7 Å². The summed E-state index contributed by atoms with van der Waals surface area (Å²) >= 11 is 0. The lowest BCUT2D eigenvalue weighted by atomic mass is 9.71. The number of hydrogen-bond donors (Lipinski definition) is 2. The van der Waals surface area contributed by atoms with Crippen molar-refractivity contribution in [3.8, 4) is 0 Å². The maximum Gasteiger partial charge on any atom is 0.310 e. The van der Waals surface area contributed by atoms with E-state index in [4.69, 9.17) is 10.5 Å². The van der Waals surface area contributed by atoms with Gasteiger partial charge in [-0.25, -0.2) is 0 Å². The third kappa shape index (κ3) is 6.04. The fraction of sp³-hybridized carbons (Fsp3) is 0.875. The molecule has 1 aliphatic rings. The first-order valence-electron chi connectivity index (χ1n) is 8.06. The summed E-state index contributed by atoms with van der Waals surface area (Å²) in [6.45, 7) is 6.29. The number of nitrogens with one attached hydrogen (secondary N) is 1. The highest BCUT2D eigenvalue weighted by molar-refractivity contribution is 5.78. The number of nitrogens with two attached hydrogens (primary N) is 1. The third-order valence-electron chi connectivity index (χ3n) is 4.24. The van der Waals surface area contributed by atoms with Crippen molar-refractivity contribution in [2.45, 2.75) is 65.4 Å². The maximum atomic E-state index is 12.1. The summed E-state index contributed by atoms with van der Waals surface area (Å²) in [6, 6.07) is 0. The molecular weight excluding hydrogens is 268 g/mol. The van der Waals surface area contributed by atoms with Crippen molar-refractivity contribution in [1.82, 2.24) is 5.32 Å². The standard InChI is InChI=1S/C16H30N2O3/c1-12(2)21-15(20)13(3)10-18-14(19)9-16(11-17)7-5-4-6-8-16/h12-13H,4-11,17H2,1-3H3,(H,18,19). The molecule has 21 heavy (non-hydrogen) atoms. The molecule has 1 atom stereocenters. The van der Waals surface area contributed by atoms with Crippen LogP contribution in [0.2, 0.25) is 0 Å². The van der Waals surface area contributed by atoms with E-state index in [0.29, 0.717) is 19.5 Å². The quantitative estimate of drug-likeness (QED) is 0.704. The van der Waals surface area contributed by atoms with E-state index in [-0.39, 0.29) is 29.3 Å². The largest absolute Gasteiger partial charge is 0.463 e. The van der Waals surface area contributed by atoms with E-state index in [1.54, 1.807) is 6.92 Å². The van der Waals surface area contributed by atoms with Crippen LogP contribution in [0, 0.1) is 11.3 Å². The number of amides is 1. The minimum absolute atomic E-state index is 0.00783. The van der Waals surface area contributed by atoms with Crippen LogP contribution in [0.3, 0.4) is 0 Å². The van der Waals surface area contributed by atoms with Crippen LogP contribution in [-0.2, 0) is 14.3 Å². The lowest BCUT2D eigenvalue weighted by Crippen LogP contribution is -2.40. The molecule has 122 valence electrons. The van der Waals surface area contributed by atoms with Gasteiger partial charge in [-0.3, -0.25) is 9.59 Å². The van der Waals surface area contributed by atoms with Gasteiger partial charge in [0.25, 0.3) is 0 Å². The Balaban J connectivity index is 2.37. The number of carbonyl (C=O) groups excluding carboxylic acids is 2. The van der Waals surface area contributed by atoms with Gasteiger partial charge >= 0.3 is 5.97 Å². The number of hydrogen-bond acceptors (Lipinski definition) is 4. The zero-order chi connectivity index (χ0) is 15.9. The Bertz CT molecular complexity index is 349. The van der Waals surface area contributed by atoms with Crippen molar-refractivity contribution < 1.29 is 14.3 Å². The lowest BCUT2D eigenvalue weighted by molar-refractivity contribution is -0.151. The van der Waals surface area contributed by atoms with Gasteiger partial charge < -0.3 is 15.8 Å². The molecule has 5 heteroatoms. The Morgan fingerprint density at radius 3 is 2.33 bits per heavy atom. The summed E-state index contributed by atoms with van der Waals surface area (Å²) in [4.78, 5) is 23.8. The van der Waals surface area contributed by atoms with E-state index in [1.165, 1.54) is 6.42 Å². The van der Waals surface area contributed by atoms with E-state index in [1.807, 2.05) is 13.8 Å². The van der Waals surface area contributed by atoms with Gasteiger partial charge in [0.15, 0.2) is 0 Å². The Morgan fingerprint density at radius 2 is 1.81 bits per heavy atom. The fourth-order valence-corrected chi connectivity index (χ4v) is 2.86. The van der Waals surface area contributed by atoms with Gasteiger partial charge in [-0.15, -0.1) is 0 Å². The number of esters is 1. The van der Waals surface area contributed by atoms with Gasteiger partial charge in [-0.05, 0) is 38.6 Å². The van der Waals surface area contributed by atoms with Gasteiger partial charge in [0.2, 0.25) is 5.91 Å². The van der Waals surface area contributed by atoms with Gasteiger partial charge in [0.1, 0.15) is 0 Å². The molecule has 0 aromatic heterocycles. The SMILES string of the molecule is CC(C)OC(=O)C(C)CNC(=O)CC1(CN)CCCCC1. The molecule has 0 bridgehead atoms. The number of carbonyl (C=O) groups is 2. The molecule has 1 saturated carbocycles. The fourth-order valence-electron chi connectivity index (χ4n) is 2.86. The van der Waals surface area contributed by atoms with Crippen LogP contribution in [0.15, 0.2) is 0 Å². The minimum Gasteiger partial charge on any atom is -0.463 e. The Morgan fingerprint density at radius 1 is 1.19 bits per heavy atom. The summed E-state index contributed by atoms with van der Waals surface area (Å²) in [6.07, 6.45) is 5.95. The minimum atomic E-state index is -0.323. The van der Waals surface area contributed by atoms with E-state index >= 15 is 0 Å². The molecule has 1 rings (SSSR count). The predicted molar refractivity (Wildman–Crippen MR) is 82.6 cm³/mol. The van der Waals surface area contributed by atoms with Crippen molar-refractivity contribution in [2.24, 2.45) is 17.1 Å². The Labute approximate surface area is 128 Å². The molecule has 0 heterocycles. The monoisotopic (exact) mass is 298 g/mol. The van der Waals surface area contributed by atoms with Crippen molar-refractivity contribution in [2.75, 3.05) is 13.1 Å². The van der Waals surface area contributed by atoms with E-state index in [2.05, 4.69) is 5.32 Å². The first-order chi connectivity index (χ1) is 9.88. The summed E-state index contributed by atoms with van der Waals surface area (Å²) < 4.78 is 5.13. The highest BCUT2D eigenvalue weighted by Gasteiger charge is 2.33. The second-order valence-electron chi connectivity index (χ2n) is 6.63. The first-order valence-corrected chi connectivity index (χ1v) is 8.06. The number of ether oxygens (including phenoxy) is 1. The van der Waals surface area contributed by atoms with E-state index < -0.39 is 0 Å². The normalized spacial score (nSPS) is 19.1. The molecule has 0 aromatic carbocycles. The molecule has 0 saturated heterocycles. The third-order valence-corrected chi connectivity index (χ3v) is 4.24. The van der Waals surface area contributed by atoms with E-state index in [9.17, 15) is 9.59 Å². The number of rotatable bonds is 7. The molecule has 1 amide bonds.